The van der Waals surface area contributed by atoms with Gasteiger partial charge in [-0.1, -0.05) is 24.8 Å². The average molecular weight is 436 g/mol. The fraction of sp³-hybridized carbons (Fsp3) is 0.0952. The fourth-order valence-corrected chi connectivity index (χ4v) is 3.54. The summed E-state index contributed by atoms with van der Waals surface area (Å²) in [5.41, 5.74) is 8.03. The van der Waals surface area contributed by atoms with E-state index in [0.29, 0.717) is 28.3 Å². The van der Waals surface area contributed by atoms with E-state index in [1.165, 1.54) is 6.33 Å². The van der Waals surface area contributed by atoms with Crippen LogP contribution < -0.4 is 15.2 Å². The minimum atomic E-state index is -3.53. The van der Waals surface area contributed by atoms with E-state index in [2.05, 4.69) is 26.4 Å². The van der Waals surface area contributed by atoms with E-state index in [9.17, 15) is 8.42 Å². The van der Waals surface area contributed by atoms with E-state index in [1.807, 2.05) is 54.6 Å². The molecule has 4 aromatic rings. The molecule has 0 radical (unpaired) electrons. The second-order valence-electron chi connectivity index (χ2n) is 6.57. The molecule has 0 amide bonds. The second-order valence-corrected chi connectivity index (χ2v) is 8.29. The minimum Gasteiger partial charge on any atom is -0.457 e. The summed E-state index contributed by atoms with van der Waals surface area (Å²) < 4.78 is 33.0. The van der Waals surface area contributed by atoms with Crippen molar-refractivity contribution in [3.8, 4) is 22.8 Å². The van der Waals surface area contributed by atoms with E-state index in [-0.39, 0.29) is 13.1 Å². The molecule has 2 heterocycles. The van der Waals surface area contributed by atoms with Gasteiger partial charge in [-0.25, -0.2) is 27.8 Å². The zero-order valence-electron chi connectivity index (χ0n) is 16.5. The van der Waals surface area contributed by atoms with Crippen molar-refractivity contribution < 1.29 is 13.2 Å². The van der Waals surface area contributed by atoms with Gasteiger partial charge in [0.15, 0.2) is 5.65 Å². The summed E-state index contributed by atoms with van der Waals surface area (Å²) in [6.45, 7) is 3.66. The third-order valence-electron chi connectivity index (χ3n) is 4.51. The van der Waals surface area contributed by atoms with Crippen LogP contribution in [0.15, 0.2) is 72.9 Å². The number of sulfonamides is 1. The van der Waals surface area contributed by atoms with E-state index >= 15 is 0 Å². The van der Waals surface area contributed by atoms with Crippen LogP contribution in [0.3, 0.4) is 0 Å². The maximum absolute atomic E-state index is 11.6. The second kappa shape index (κ2) is 8.54. The van der Waals surface area contributed by atoms with Gasteiger partial charge in [0.1, 0.15) is 29.3 Å². The summed E-state index contributed by atoms with van der Waals surface area (Å²) >= 11 is 0. The van der Waals surface area contributed by atoms with Gasteiger partial charge in [-0.05, 0) is 36.4 Å². The Balaban J connectivity index is 1.63. The van der Waals surface area contributed by atoms with E-state index < -0.39 is 10.0 Å². The molecule has 0 aliphatic carbocycles. The minimum absolute atomic E-state index is 0.123. The Labute approximate surface area is 179 Å². The molecule has 0 saturated heterocycles. The number of nitrogen functional groups attached to an aromatic ring is 1. The van der Waals surface area contributed by atoms with Crippen molar-refractivity contribution in [3.63, 3.8) is 0 Å². The van der Waals surface area contributed by atoms with Crippen molar-refractivity contribution in [2.75, 3.05) is 12.3 Å². The van der Waals surface area contributed by atoms with Crippen molar-refractivity contribution in [1.82, 2.24) is 24.5 Å². The van der Waals surface area contributed by atoms with Gasteiger partial charge in [0.25, 0.3) is 0 Å². The van der Waals surface area contributed by atoms with Gasteiger partial charge in [0.05, 0.1) is 11.9 Å². The smallest absolute Gasteiger partial charge is 0.233 e. The predicted octanol–water partition coefficient (Wildman–Crippen LogP) is 2.93. The number of aromatic nitrogens is 4. The standard InChI is InChI=1S/C21H20N6O3S/c1-2-31(28,29)25-12-13-27-21-18(20(22)23-14-24-21)19(26-27)15-8-10-17(11-9-15)30-16-6-4-3-5-7-16/h2-11,14,25H,1,12-13H2,(H2,22,23,24). The van der Waals surface area contributed by atoms with Crippen molar-refractivity contribution in [3.05, 3.63) is 72.9 Å². The van der Waals surface area contributed by atoms with Crippen LogP contribution in [0, 0.1) is 0 Å². The lowest BCUT2D eigenvalue weighted by molar-refractivity contribution is 0.483. The highest BCUT2D eigenvalue weighted by molar-refractivity contribution is 7.92. The Kier molecular flexibility index (Phi) is 5.65. The summed E-state index contributed by atoms with van der Waals surface area (Å²) in [5, 5.41) is 6.07. The Bertz CT molecular complexity index is 1320. The number of fused-ring (bicyclic) bond motifs is 1. The molecule has 0 fully saturated rings. The van der Waals surface area contributed by atoms with Gasteiger partial charge in [-0.3, -0.25) is 0 Å². The first-order chi connectivity index (χ1) is 15.0. The van der Waals surface area contributed by atoms with Gasteiger partial charge in [0.2, 0.25) is 10.0 Å². The monoisotopic (exact) mass is 436 g/mol. The normalized spacial score (nSPS) is 11.5. The summed E-state index contributed by atoms with van der Waals surface area (Å²) in [5.74, 6) is 1.72. The molecule has 0 atom stereocenters. The van der Waals surface area contributed by atoms with Crippen LogP contribution in [0.4, 0.5) is 5.82 Å². The molecule has 158 valence electrons. The zero-order valence-corrected chi connectivity index (χ0v) is 17.3. The Morgan fingerprint density at radius 1 is 1.06 bits per heavy atom. The number of para-hydroxylation sites is 1. The number of nitrogens with two attached hydrogens (primary N) is 1. The number of nitrogens with one attached hydrogen (secondary N) is 1. The molecule has 0 spiro atoms. The fourth-order valence-electron chi connectivity index (χ4n) is 3.05. The highest BCUT2D eigenvalue weighted by Crippen LogP contribution is 2.31. The molecule has 2 aromatic heterocycles. The van der Waals surface area contributed by atoms with Crippen molar-refractivity contribution in [1.29, 1.82) is 0 Å². The molecule has 0 saturated carbocycles. The number of benzene rings is 2. The van der Waals surface area contributed by atoms with Crippen LogP contribution in [-0.2, 0) is 16.6 Å². The maximum Gasteiger partial charge on any atom is 0.233 e. The molecule has 9 nitrogen and oxygen atoms in total. The first-order valence-corrected chi connectivity index (χ1v) is 10.9. The molecule has 10 heteroatoms. The van der Waals surface area contributed by atoms with E-state index in [4.69, 9.17) is 10.5 Å². The third kappa shape index (κ3) is 4.55. The first-order valence-electron chi connectivity index (χ1n) is 9.39. The number of nitrogens with zero attached hydrogens (tertiary/aromatic N) is 4. The van der Waals surface area contributed by atoms with Crippen LogP contribution in [-0.4, -0.2) is 34.7 Å². The molecule has 4 rings (SSSR count). The number of ether oxygens (including phenoxy) is 1. The number of hydrogen-bond donors (Lipinski definition) is 2. The molecular weight excluding hydrogens is 416 g/mol. The summed E-state index contributed by atoms with van der Waals surface area (Å²) in [4.78, 5) is 8.36. The molecule has 2 aromatic carbocycles. The zero-order chi connectivity index (χ0) is 21.8. The summed E-state index contributed by atoms with van der Waals surface area (Å²) in [7, 11) is -3.53. The van der Waals surface area contributed by atoms with E-state index in [0.717, 1.165) is 16.7 Å². The third-order valence-corrected chi connectivity index (χ3v) is 5.56. The van der Waals surface area contributed by atoms with Gasteiger partial charge < -0.3 is 10.5 Å². The highest BCUT2D eigenvalue weighted by atomic mass is 32.2. The lowest BCUT2D eigenvalue weighted by Crippen LogP contribution is -2.25. The van der Waals surface area contributed by atoms with Crippen LogP contribution >= 0.6 is 0 Å². The van der Waals surface area contributed by atoms with Crippen LogP contribution in [0.1, 0.15) is 0 Å². The van der Waals surface area contributed by atoms with Crippen LogP contribution in [0.25, 0.3) is 22.3 Å². The molecular formula is C21H20N6O3S. The van der Waals surface area contributed by atoms with Crippen molar-refractivity contribution in [2.24, 2.45) is 0 Å². The van der Waals surface area contributed by atoms with Crippen molar-refractivity contribution in [2.45, 2.75) is 6.54 Å². The molecule has 0 aliphatic heterocycles. The molecule has 0 aliphatic rings. The molecule has 0 unspecified atom stereocenters. The van der Waals surface area contributed by atoms with Gasteiger partial charge in [0, 0.05) is 17.5 Å². The predicted molar refractivity (Wildman–Crippen MR) is 119 cm³/mol. The summed E-state index contributed by atoms with van der Waals surface area (Å²) in [6, 6.07) is 16.9. The lowest BCUT2D eigenvalue weighted by Gasteiger charge is -2.06. The average Bonchev–Trinajstić information content (AvgIpc) is 3.15. The lowest BCUT2D eigenvalue weighted by atomic mass is 10.1. The summed E-state index contributed by atoms with van der Waals surface area (Å²) in [6.07, 6.45) is 1.35. The number of rotatable bonds is 8. The number of hydrogen-bond acceptors (Lipinski definition) is 7. The Hall–Kier alpha value is -3.76. The first kappa shape index (κ1) is 20.5. The van der Waals surface area contributed by atoms with Crippen LogP contribution in [0.5, 0.6) is 11.5 Å². The Morgan fingerprint density at radius 3 is 2.48 bits per heavy atom. The van der Waals surface area contributed by atoms with E-state index in [1.54, 1.807) is 4.68 Å². The van der Waals surface area contributed by atoms with Gasteiger partial charge >= 0.3 is 0 Å². The molecule has 0 bridgehead atoms. The maximum atomic E-state index is 11.6. The highest BCUT2D eigenvalue weighted by Gasteiger charge is 2.17. The molecule has 3 N–H and O–H groups in total. The van der Waals surface area contributed by atoms with Crippen molar-refractivity contribution >= 4 is 26.9 Å². The largest absolute Gasteiger partial charge is 0.457 e. The van der Waals surface area contributed by atoms with Gasteiger partial charge in [-0.15, -0.1) is 0 Å². The quantitative estimate of drug-likeness (QED) is 0.435. The van der Waals surface area contributed by atoms with Gasteiger partial charge in [-0.2, -0.15) is 5.10 Å². The van der Waals surface area contributed by atoms with Crippen LogP contribution in [0.2, 0.25) is 0 Å². The molecule has 31 heavy (non-hydrogen) atoms. The topological polar surface area (TPSA) is 125 Å². The SMILES string of the molecule is C=CS(=O)(=O)NCCn1nc(-c2ccc(Oc3ccccc3)cc2)c2c(N)ncnc21. The number of anilines is 1. The Morgan fingerprint density at radius 2 is 1.77 bits per heavy atom.